The third-order valence-electron chi connectivity index (χ3n) is 4.87. The second-order valence-electron chi connectivity index (χ2n) is 8.67. The molecule has 33 heavy (non-hydrogen) atoms. The normalized spacial score (nSPS) is 11.5. The van der Waals surface area contributed by atoms with Gasteiger partial charge in [-0.05, 0) is 65.6 Å². The average molecular weight is 466 g/mol. The summed E-state index contributed by atoms with van der Waals surface area (Å²) in [4.78, 5) is 23.8. The van der Waals surface area contributed by atoms with Crippen LogP contribution in [0, 0.1) is 0 Å². The van der Waals surface area contributed by atoms with Crippen molar-refractivity contribution < 1.29 is 18.0 Å². The van der Waals surface area contributed by atoms with Crippen molar-refractivity contribution in [2.24, 2.45) is 0 Å². The zero-order valence-electron chi connectivity index (χ0n) is 19.0. The van der Waals surface area contributed by atoms with Gasteiger partial charge in [-0.2, -0.15) is 0 Å². The number of nitrogens with one attached hydrogen (secondary N) is 3. The molecule has 0 radical (unpaired) electrons. The van der Waals surface area contributed by atoms with Crippen molar-refractivity contribution in [1.82, 2.24) is 0 Å². The lowest BCUT2D eigenvalue weighted by atomic mass is 9.87. The Morgan fingerprint density at radius 3 is 1.94 bits per heavy atom. The van der Waals surface area contributed by atoms with Gasteiger partial charge in [-0.3, -0.25) is 14.3 Å². The third kappa shape index (κ3) is 6.43. The topological polar surface area (TPSA) is 104 Å². The molecule has 3 rings (SSSR count). The first-order chi connectivity index (χ1) is 15.4. The Kier molecular flexibility index (Phi) is 6.88. The maximum atomic E-state index is 12.7. The predicted molar refractivity (Wildman–Crippen MR) is 131 cm³/mol. The summed E-state index contributed by atoms with van der Waals surface area (Å²) in [6.07, 6.45) is 0. The van der Waals surface area contributed by atoms with Gasteiger partial charge < -0.3 is 10.6 Å². The molecule has 0 saturated heterocycles. The summed E-state index contributed by atoms with van der Waals surface area (Å²) in [6.45, 7) is 7.68. The zero-order chi connectivity index (χ0) is 24.2. The first-order valence-corrected chi connectivity index (χ1v) is 11.8. The molecule has 0 aromatic heterocycles. The van der Waals surface area contributed by atoms with Gasteiger partial charge in [0.2, 0.25) is 5.91 Å². The number of hydrogen-bond acceptors (Lipinski definition) is 4. The van der Waals surface area contributed by atoms with Crippen LogP contribution in [0.5, 0.6) is 0 Å². The van der Waals surface area contributed by atoms with Crippen LogP contribution in [0.25, 0.3) is 0 Å². The van der Waals surface area contributed by atoms with E-state index in [0.717, 1.165) is 5.56 Å². The number of hydrogen-bond donors (Lipinski definition) is 3. The van der Waals surface area contributed by atoms with Gasteiger partial charge in [0.25, 0.3) is 15.9 Å². The van der Waals surface area contributed by atoms with Crippen molar-refractivity contribution >= 4 is 38.9 Å². The number of amides is 2. The minimum absolute atomic E-state index is 0.00917. The van der Waals surface area contributed by atoms with E-state index in [2.05, 4.69) is 36.1 Å². The van der Waals surface area contributed by atoms with Crippen molar-refractivity contribution in [3.05, 3.63) is 83.9 Å². The van der Waals surface area contributed by atoms with E-state index in [0.29, 0.717) is 22.6 Å². The summed E-state index contributed by atoms with van der Waals surface area (Å²) >= 11 is 0. The third-order valence-corrected chi connectivity index (χ3v) is 6.27. The SMILES string of the molecule is CC(=O)Nc1ccc(S(=O)(=O)Nc2cccc(NC(=O)c3ccc(C(C)(C)C)cc3)c2)cc1. The fraction of sp³-hybridized carbons (Fsp3) is 0.200. The first-order valence-electron chi connectivity index (χ1n) is 10.4. The molecule has 8 heteroatoms. The Morgan fingerprint density at radius 1 is 0.758 bits per heavy atom. The molecule has 0 unspecified atom stereocenters. The number of sulfonamides is 1. The zero-order valence-corrected chi connectivity index (χ0v) is 19.8. The van der Waals surface area contributed by atoms with Gasteiger partial charge in [0, 0.05) is 23.9 Å². The summed E-state index contributed by atoms with van der Waals surface area (Å²) < 4.78 is 27.9. The van der Waals surface area contributed by atoms with E-state index in [1.165, 1.54) is 31.2 Å². The van der Waals surface area contributed by atoms with Gasteiger partial charge in [0.15, 0.2) is 0 Å². The lowest BCUT2D eigenvalue weighted by molar-refractivity contribution is -0.114. The van der Waals surface area contributed by atoms with Gasteiger partial charge in [-0.25, -0.2) is 8.42 Å². The Bertz CT molecular complexity index is 1260. The molecule has 0 saturated carbocycles. The van der Waals surface area contributed by atoms with Gasteiger partial charge in [-0.1, -0.05) is 39.0 Å². The molecule has 0 fully saturated rings. The number of rotatable bonds is 6. The fourth-order valence-electron chi connectivity index (χ4n) is 3.12. The summed E-state index contributed by atoms with van der Waals surface area (Å²) in [7, 11) is -3.85. The van der Waals surface area contributed by atoms with E-state index in [-0.39, 0.29) is 22.1 Å². The van der Waals surface area contributed by atoms with Crippen molar-refractivity contribution in [3.63, 3.8) is 0 Å². The van der Waals surface area contributed by atoms with Crippen LogP contribution in [-0.4, -0.2) is 20.2 Å². The minimum Gasteiger partial charge on any atom is -0.326 e. The first kappa shape index (κ1) is 24.0. The van der Waals surface area contributed by atoms with Crippen LogP contribution in [0.3, 0.4) is 0 Å². The molecule has 0 atom stereocenters. The minimum atomic E-state index is -3.85. The van der Waals surface area contributed by atoms with Gasteiger partial charge >= 0.3 is 0 Å². The molecule has 0 aliphatic rings. The summed E-state index contributed by atoms with van der Waals surface area (Å²) in [5.41, 5.74) is 2.89. The highest BCUT2D eigenvalue weighted by Crippen LogP contribution is 2.24. The predicted octanol–water partition coefficient (Wildman–Crippen LogP) is 5.00. The van der Waals surface area contributed by atoms with Crippen LogP contribution in [0.15, 0.2) is 77.7 Å². The van der Waals surface area contributed by atoms with E-state index >= 15 is 0 Å². The molecule has 0 aliphatic carbocycles. The summed E-state index contributed by atoms with van der Waals surface area (Å²) in [5, 5.41) is 5.38. The highest BCUT2D eigenvalue weighted by atomic mass is 32.2. The molecule has 0 heterocycles. The lowest BCUT2D eigenvalue weighted by Crippen LogP contribution is -2.15. The van der Waals surface area contributed by atoms with Crippen LogP contribution >= 0.6 is 0 Å². The lowest BCUT2D eigenvalue weighted by Gasteiger charge is -2.19. The maximum Gasteiger partial charge on any atom is 0.261 e. The molecule has 3 aromatic carbocycles. The van der Waals surface area contributed by atoms with Gasteiger partial charge in [0.05, 0.1) is 10.6 Å². The Morgan fingerprint density at radius 2 is 1.36 bits per heavy atom. The standard InChI is InChI=1S/C25H27N3O4S/c1-17(29)26-20-12-14-23(15-13-20)33(31,32)28-22-7-5-6-21(16-22)27-24(30)18-8-10-19(11-9-18)25(2,3)4/h5-16,28H,1-4H3,(H,26,29)(H,27,30). The van der Waals surface area contributed by atoms with Crippen molar-refractivity contribution in [1.29, 1.82) is 0 Å². The van der Waals surface area contributed by atoms with Gasteiger partial charge in [0.1, 0.15) is 0 Å². The quantitative estimate of drug-likeness (QED) is 0.477. The molecule has 0 spiro atoms. The average Bonchev–Trinajstić information content (AvgIpc) is 2.73. The van der Waals surface area contributed by atoms with Crippen LogP contribution in [0.1, 0.15) is 43.6 Å². The van der Waals surface area contributed by atoms with Crippen molar-refractivity contribution in [3.8, 4) is 0 Å². The number of carbonyl (C=O) groups excluding carboxylic acids is 2. The Labute approximate surface area is 194 Å². The molecule has 2 amide bonds. The fourth-order valence-corrected chi connectivity index (χ4v) is 4.17. The summed E-state index contributed by atoms with van der Waals surface area (Å²) in [6, 6.07) is 19.7. The van der Waals surface area contributed by atoms with E-state index in [1.807, 2.05) is 12.1 Å². The molecular weight excluding hydrogens is 438 g/mol. The molecule has 0 aliphatic heterocycles. The summed E-state index contributed by atoms with van der Waals surface area (Å²) in [5.74, 6) is -0.531. The highest BCUT2D eigenvalue weighted by Gasteiger charge is 2.16. The molecule has 3 N–H and O–H groups in total. The van der Waals surface area contributed by atoms with E-state index in [1.54, 1.807) is 36.4 Å². The van der Waals surface area contributed by atoms with Crippen LogP contribution in [0.4, 0.5) is 17.1 Å². The van der Waals surface area contributed by atoms with Crippen LogP contribution in [0.2, 0.25) is 0 Å². The Balaban J connectivity index is 1.71. The molecule has 0 bridgehead atoms. The van der Waals surface area contributed by atoms with Crippen LogP contribution < -0.4 is 15.4 Å². The number of carbonyl (C=O) groups is 2. The largest absolute Gasteiger partial charge is 0.326 e. The van der Waals surface area contributed by atoms with Crippen LogP contribution in [-0.2, 0) is 20.2 Å². The number of anilines is 3. The monoisotopic (exact) mass is 465 g/mol. The van der Waals surface area contributed by atoms with E-state index in [9.17, 15) is 18.0 Å². The molecular formula is C25H27N3O4S. The maximum absolute atomic E-state index is 12.7. The highest BCUT2D eigenvalue weighted by molar-refractivity contribution is 7.92. The second-order valence-corrected chi connectivity index (χ2v) is 10.4. The Hall–Kier alpha value is -3.65. The van der Waals surface area contributed by atoms with Crippen molar-refractivity contribution in [2.75, 3.05) is 15.4 Å². The number of benzene rings is 3. The van der Waals surface area contributed by atoms with E-state index < -0.39 is 10.0 Å². The van der Waals surface area contributed by atoms with Gasteiger partial charge in [-0.15, -0.1) is 0 Å². The molecule has 3 aromatic rings. The smallest absolute Gasteiger partial charge is 0.261 e. The second kappa shape index (κ2) is 9.46. The molecule has 172 valence electrons. The van der Waals surface area contributed by atoms with E-state index in [4.69, 9.17) is 0 Å². The molecule has 7 nitrogen and oxygen atoms in total. The van der Waals surface area contributed by atoms with Crippen molar-refractivity contribution in [2.45, 2.75) is 38.0 Å².